The number of hydrogen-bond acceptors (Lipinski definition) is 5. The molecule has 0 saturated carbocycles. The molecule has 0 saturated heterocycles. The number of hydrogen-bond donors (Lipinski definition) is 0. The largest absolute Gasteiger partial charge is 0.496 e. The number of carbonyl (C=O) groups is 2. The summed E-state index contributed by atoms with van der Waals surface area (Å²) >= 11 is 0. The van der Waals surface area contributed by atoms with E-state index in [1.807, 2.05) is 24.3 Å². The summed E-state index contributed by atoms with van der Waals surface area (Å²) in [4.78, 5) is 23.9. The summed E-state index contributed by atoms with van der Waals surface area (Å²) in [6.45, 7) is 4.81. The number of esters is 2. The summed E-state index contributed by atoms with van der Waals surface area (Å²) < 4.78 is 15.4. The third kappa shape index (κ3) is 4.45. The van der Waals surface area contributed by atoms with Gasteiger partial charge in [0, 0.05) is 0 Å². The lowest BCUT2D eigenvalue weighted by molar-refractivity contribution is -0.158. The van der Waals surface area contributed by atoms with Crippen LogP contribution in [0.4, 0.5) is 0 Å². The van der Waals surface area contributed by atoms with E-state index >= 15 is 0 Å². The van der Waals surface area contributed by atoms with Crippen molar-refractivity contribution in [3.63, 3.8) is 0 Å². The molecule has 0 spiro atoms. The lowest BCUT2D eigenvalue weighted by Gasteiger charge is -2.19. The van der Waals surface area contributed by atoms with E-state index in [1.54, 1.807) is 32.9 Å². The van der Waals surface area contributed by atoms with Crippen molar-refractivity contribution < 1.29 is 23.8 Å². The Morgan fingerprint density at radius 2 is 1.65 bits per heavy atom. The van der Waals surface area contributed by atoms with E-state index < -0.39 is 24.1 Å². The van der Waals surface area contributed by atoms with Gasteiger partial charge >= 0.3 is 11.9 Å². The Morgan fingerprint density at radius 3 is 2.22 bits per heavy atom. The highest BCUT2D eigenvalue weighted by molar-refractivity contribution is 5.99. The molecule has 0 heterocycles. The van der Waals surface area contributed by atoms with Crippen LogP contribution in [0.25, 0.3) is 10.8 Å². The van der Waals surface area contributed by atoms with Crippen LogP contribution in [0.2, 0.25) is 0 Å². The zero-order chi connectivity index (χ0) is 17.0. The first-order valence-electron chi connectivity index (χ1n) is 7.26. The van der Waals surface area contributed by atoms with E-state index in [-0.39, 0.29) is 5.56 Å². The Labute approximate surface area is 135 Å². The van der Waals surface area contributed by atoms with Gasteiger partial charge in [0.1, 0.15) is 16.9 Å². The molecule has 0 aromatic heterocycles. The molecule has 2 aromatic rings. The molecule has 0 fully saturated rings. The molecule has 2 aromatic carbocycles. The van der Waals surface area contributed by atoms with Crippen LogP contribution in [0.15, 0.2) is 36.4 Å². The fourth-order valence-corrected chi connectivity index (χ4v) is 2.12. The minimum Gasteiger partial charge on any atom is -0.496 e. The van der Waals surface area contributed by atoms with Crippen LogP contribution in [0.3, 0.4) is 0 Å². The topological polar surface area (TPSA) is 61.8 Å². The molecule has 2 rings (SSSR count). The van der Waals surface area contributed by atoms with E-state index in [2.05, 4.69) is 0 Å². The van der Waals surface area contributed by atoms with Crippen LogP contribution in [0.1, 0.15) is 31.1 Å². The normalized spacial score (nSPS) is 11.1. The van der Waals surface area contributed by atoms with Crippen molar-refractivity contribution in [2.24, 2.45) is 0 Å². The first kappa shape index (κ1) is 16.8. The summed E-state index contributed by atoms with van der Waals surface area (Å²) in [5.41, 5.74) is -0.348. The van der Waals surface area contributed by atoms with Crippen molar-refractivity contribution in [3.05, 3.63) is 42.0 Å². The summed E-state index contributed by atoms with van der Waals surface area (Å²) in [7, 11) is 1.48. The Balaban J connectivity index is 2.15. The quantitative estimate of drug-likeness (QED) is 0.810. The molecule has 0 atom stereocenters. The third-order valence-corrected chi connectivity index (χ3v) is 3.03. The zero-order valence-corrected chi connectivity index (χ0v) is 13.7. The summed E-state index contributed by atoms with van der Waals surface area (Å²) in [5, 5.41) is 1.84. The predicted molar refractivity (Wildman–Crippen MR) is 86.6 cm³/mol. The average molecular weight is 316 g/mol. The highest BCUT2D eigenvalue weighted by Crippen LogP contribution is 2.26. The fourth-order valence-electron chi connectivity index (χ4n) is 2.12. The highest BCUT2D eigenvalue weighted by Gasteiger charge is 2.20. The predicted octanol–water partition coefficient (Wildman–Crippen LogP) is 3.35. The van der Waals surface area contributed by atoms with E-state index in [1.165, 1.54) is 7.11 Å². The second kappa shape index (κ2) is 6.69. The molecule has 122 valence electrons. The number of methoxy groups -OCH3 is 1. The van der Waals surface area contributed by atoms with Crippen molar-refractivity contribution in [2.75, 3.05) is 13.7 Å². The van der Waals surface area contributed by atoms with Gasteiger partial charge in [-0.1, -0.05) is 24.3 Å². The number of carbonyl (C=O) groups excluding carboxylic acids is 2. The van der Waals surface area contributed by atoms with Gasteiger partial charge in [-0.2, -0.15) is 0 Å². The summed E-state index contributed by atoms with van der Waals surface area (Å²) in [5.74, 6) is -0.818. The first-order valence-corrected chi connectivity index (χ1v) is 7.26. The Kier molecular flexibility index (Phi) is 4.89. The zero-order valence-electron chi connectivity index (χ0n) is 13.7. The second-order valence-corrected chi connectivity index (χ2v) is 6.06. The van der Waals surface area contributed by atoms with Crippen LogP contribution in [0, 0.1) is 0 Å². The van der Waals surface area contributed by atoms with Crippen molar-refractivity contribution in [1.29, 1.82) is 0 Å². The van der Waals surface area contributed by atoms with Gasteiger partial charge in [-0.3, -0.25) is 0 Å². The van der Waals surface area contributed by atoms with Crippen LogP contribution < -0.4 is 4.74 Å². The fraction of sp³-hybridized carbons (Fsp3) is 0.333. The number of benzene rings is 2. The lowest BCUT2D eigenvalue weighted by atomic mass is 10.1. The van der Waals surface area contributed by atoms with E-state index in [9.17, 15) is 9.59 Å². The molecule has 0 amide bonds. The standard InChI is InChI=1S/C18H20O5/c1-18(2,3)23-16(19)11-22-17(20)14-9-12-7-5-6-8-13(12)10-15(14)21-4/h5-10H,11H2,1-4H3. The van der Waals surface area contributed by atoms with Crippen molar-refractivity contribution in [2.45, 2.75) is 26.4 Å². The molecular weight excluding hydrogens is 296 g/mol. The Bertz CT molecular complexity index is 728. The minimum atomic E-state index is -0.626. The van der Waals surface area contributed by atoms with Gasteiger partial charge in [0.25, 0.3) is 0 Å². The van der Waals surface area contributed by atoms with E-state index in [0.717, 1.165) is 10.8 Å². The number of fused-ring (bicyclic) bond motifs is 1. The first-order chi connectivity index (χ1) is 10.8. The molecule has 0 aliphatic rings. The van der Waals surface area contributed by atoms with Gasteiger partial charge < -0.3 is 14.2 Å². The third-order valence-electron chi connectivity index (χ3n) is 3.03. The van der Waals surface area contributed by atoms with E-state index in [4.69, 9.17) is 14.2 Å². The highest BCUT2D eigenvalue weighted by atomic mass is 16.6. The molecule has 5 heteroatoms. The summed E-state index contributed by atoms with van der Waals surface area (Å²) in [6, 6.07) is 11.0. The lowest BCUT2D eigenvalue weighted by Crippen LogP contribution is -2.27. The van der Waals surface area contributed by atoms with Gasteiger partial charge in [-0.25, -0.2) is 9.59 Å². The molecule has 0 aliphatic carbocycles. The Hall–Kier alpha value is -2.56. The van der Waals surface area contributed by atoms with Gasteiger partial charge in [0.15, 0.2) is 6.61 Å². The average Bonchev–Trinajstić information content (AvgIpc) is 2.49. The smallest absolute Gasteiger partial charge is 0.344 e. The molecular formula is C18H20O5. The molecule has 23 heavy (non-hydrogen) atoms. The molecule has 0 unspecified atom stereocenters. The second-order valence-electron chi connectivity index (χ2n) is 6.06. The van der Waals surface area contributed by atoms with Crippen LogP contribution in [0.5, 0.6) is 5.75 Å². The van der Waals surface area contributed by atoms with Gasteiger partial charge in [0.2, 0.25) is 0 Å². The molecule has 0 bridgehead atoms. The number of rotatable bonds is 4. The maximum Gasteiger partial charge on any atom is 0.344 e. The molecule has 0 aliphatic heterocycles. The van der Waals surface area contributed by atoms with Gasteiger partial charge in [-0.15, -0.1) is 0 Å². The van der Waals surface area contributed by atoms with Crippen LogP contribution >= 0.6 is 0 Å². The molecule has 0 N–H and O–H groups in total. The van der Waals surface area contributed by atoms with Crippen molar-refractivity contribution in [3.8, 4) is 5.75 Å². The Morgan fingerprint density at radius 1 is 1.04 bits per heavy atom. The van der Waals surface area contributed by atoms with Crippen molar-refractivity contribution >= 4 is 22.7 Å². The molecule has 5 nitrogen and oxygen atoms in total. The van der Waals surface area contributed by atoms with Gasteiger partial charge in [-0.05, 0) is 43.7 Å². The van der Waals surface area contributed by atoms with Gasteiger partial charge in [0.05, 0.1) is 7.11 Å². The SMILES string of the molecule is COc1cc2ccccc2cc1C(=O)OCC(=O)OC(C)(C)C. The van der Waals surface area contributed by atoms with Crippen molar-refractivity contribution in [1.82, 2.24) is 0 Å². The van der Waals surface area contributed by atoms with Crippen LogP contribution in [-0.2, 0) is 14.3 Å². The minimum absolute atomic E-state index is 0.273. The number of ether oxygens (including phenoxy) is 3. The van der Waals surface area contributed by atoms with E-state index in [0.29, 0.717) is 5.75 Å². The maximum absolute atomic E-state index is 12.2. The molecule has 0 radical (unpaired) electrons. The monoisotopic (exact) mass is 316 g/mol. The summed E-state index contributed by atoms with van der Waals surface area (Å²) in [6.07, 6.45) is 0. The van der Waals surface area contributed by atoms with Crippen LogP contribution in [-0.4, -0.2) is 31.3 Å². The maximum atomic E-state index is 12.2.